The lowest BCUT2D eigenvalue weighted by Gasteiger charge is -2.50. The Morgan fingerprint density at radius 1 is 1.23 bits per heavy atom. The molecule has 1 saturated carbocycles. The molecule has 0 aromatic rings. The van der Waals surface area contributed by atoms with Crippen LogP contribution in [-0.4, -0.2) is 54.3 Å². The normalized spacial score (nSPS) is 30.8. The minimum absolute atomic E-state index is 0.275. The average molecular weight is 325 g/mol. The first-order chi connectivity index (χ1) is 10.7. The number of methoxy groups -OCH3 is 1. The van der Waals surface area contributed by atoms with E-state index in [4.69, 9.17) is 17.0 Å². The van der Waals surface area contributed by atoms with Crippen LogP contribution in [0, 0.1) is 5.92 Å². The molecule has 0 spiro atoms. The van der Waals surface area contributed by atoms with Gasteiger partial charge in [0.05, 0.1) is 6.61 Å². The summed E-state index contributed by atoms with van der Waals surface area (Å²) in [6.07, 6.45) is 7.84. The molecule has 124 valence electrons. The van der Waals surface area contributed by atoms with E-state index in [2.05, 4.69) is 15.5 Å². The fourth-order valence-corrected chi connectivity index (χ4v) is 4.25. The van der Waals surface area contributed by atoms with E-state index in [1.807, 2.05) is 0 Å². The van der Waals surface area contributed by atoms with Crippen LogP contribution in [0.2, 0.25) is 0 Å². The number of carbonyl (C=O) groups excluding carboxylic acids is 1. The number of amides is 1. The van der Waals surface area contributed by atoms with Crippen molar-refractivity contribution in [2.24, 2.45) is 5.92 Å². The molecule has 1 aliphatic carbocycles. The van der Waals surface area contributed by atoms with Crippen molar-refractivity contribution in [3.63, 3.8) is 0 Å². The molecule has 0 aromatic heterocycles. The molecule has 22 heavy (non-hydrogen) atoms. The zero-order valence-corrected chi connectivity index (χ0v) is 14.2. The SMILES string of the molecule is COCCNC(=S)N1[C@@H]2CCC[C@H]1CC(NC(=O)C1CC1)C2. The van der Waals surface area contributed by atoms with Gasteiger partial charge in [-0.25, -0.2) is 0 Å². The molecule has 5 nitrogen and oxygen atoms in total. The second-order valence-corrected chi connectivity index (χ2v) is 7.21. The van der Waals surface area contributed by atoms with Crippen molar-refractivity contribution in [1.29, 1.82) is 0 Å². The summed E-state index contributed by atoms with van der Waals surface area (Å²) in [4.78, 5) is 14.4. The van der Waals surface area contributed by atoms with E-state index < -0.39 is 0 Å². The van der Waals surface area contributed by atoms with E-state index in [-0.39, 0.29) is 5.91 Å². The van der Waals surface area contributed by atoms with E-state index in [0.29, 0.717) is 30.7 Å². The molecule has 2 N–H and O–H groups in total. The largest absolute Gasteiger partial charge is 0.383 e. The molecule has 2 bridgehead atoms. The van der Waals surface area contributed by atoms with Gasteiger partial charge in [-0.2, -0.15) is 0 Å². The predicted molar refractivity (Wildman–Crippen MR) is 89.6 cm³/mol. The van der Waals surface area contributed by atoms with Crippen LogP contribution >= 0.6 is 12.2 Å². The highest BCUT2D eigenvalue weighted by Crippen LogP contribution is 2.35. The summed E-state index contributed by atoms with van der Waals surface area (Å²) in [5.74, 6) is 0.576. The predicted octanol–water partition coefficient (Wildman–Crippen LogP) is 1.42. The minimum atomic E-state index is 0.275. The van der Waals surface area contributed by atoms with Crippen LogP contribution in [0.3, 0.4) is 0 Å². The van der Waals surface area contributed by atoms with Crippen LogP contribution in [0.15, 0.2) is 0 Å². The molecular weight excluding hydrogens is 298 g/mol. The topological polar surface area (TPSA) is 53.6 Å². The van der Waals surface area contributed by atoms with E-state index >= 15 is 0 Å². The van der Waals surface area contributed by atoms with Gasteiger partial charge >= 0.3 is 0 Å². The van der Waals surface area contributed by atoms with Gasteiger partial charge in [-0.05, 0) is 57.2 Å². The van der Waals surface area contributed by atoms with Gasteiger partial charge in [-0.15, -0.1) is 0 Å². The van der Waals surface area contributed by atoms with E-state index in [1.165, 1.54) is 19.3 Å². The summed E-state index contributed by atoms with van der Waals surface area (Å²) < 4.78 is 5.07. The lowest BCUT2D eigenvalue weighted by Crippen LogP contribution is -2.61. The van der Waals surface area contributed by atoms with Gasteiger partial charge in [-0.3, -0.25) is 4.79 Å². The van der Waals surface area contributed by atoms with Crippen molar-refractivity contribution in [3.8, 4) is 0 Å². The summed E-state index contributed by atoms with van der Waals surface area (Å²) in [5, 5.41) is 7.44. The Morgan fingerprint density at radius 2 is 1.91 bits per heavy atom. The van der Waals surface area contributed by atoms with Crippen LogP contribution in [0.25, 0.3) is 0 Å². The lowest BCUT2D eigenvalue weighted by molar-refractivity contribution is -0.123. The zero-order valence-electron chi connectivity index (χ0n) is 13.3. The Labute approximate surface area is 138 Å². The molecule has 3 atom stereocenters. The summed E-state index contributed by atoms with van der Waals surface area (Å²) in [6, 6.07) is 1.28. The number of nitrogens with one attached hydrogen (secondary N) is 2. The van der Waals surface area contributed by atoms with Crippen LogP contribution in [0.1, 0.15) is 44.9 Å². The fraction of sp³-hybridized carbons (Fsp3) is 0.875. The third-order valence-electron chi connectivity index (χ3n) is 5.09. The van der Waals surface area contributed by atoms with Gasteiger partial charge in [-0.1, -0.05) is 0 Å². The van der Waals surface area contributed by atoms with Crippen LogP contribution in [0.5, 0.6) is 0 Å². The number of thiocarbonyl (C=S) groups is 1. The number of nitrogens with zero attached hydrogens (tertiary/aromatic N) is 1. The van der Waals surface area contributed by atoms with Crippen molar-refractivity contribution in [3.05, 3.63) is 0 Å². The highest BCUT2D eigenvalue weighted by atomic mass is 32.1. The first-order valence-corrected chi connectivity index (χ1v) is 8.95. The maximum Gasteiger partial charge on any atom is 0.223 e. The third-order valence-corrected chi connectivity index (χ3v) is 5.44. The molecular formula is C16H27N3O2S. The molecule has 3 aliphatic rings. The molecule has 0 aromatic carbocycles. The van der Waals surface area contributed by atoms with Gasteiger partial charge in [0.1, 0.15) is 0 Å². The van der Waals surface area contributed by atoms with Crippen molar-refractivity contribution in [2.75, 3.05) is 20.3 Å². The molecule has 1 amide bonds. The number of rotatable bonds is 5. The van der Waals surface area contributed by atoms with Crippen LogP contribution in [0.4, 0.5) is 0 Å². The van der Waals surface area contributed by atoms with Gasteiger partial charge in [0.2, 0.25) is 5.91 Å². The molecule has 1 unspecified atom stereocenters. The first-order valence-electron chi connectivity index (χ1n) is 8.54. The van der Waals surface area contributed by atoms with Crippen molar-refractivity contribution in [2.45, 2.75) is 63.1 Å². The van der Waals surface area contributed by atoms with Crippen molar-refractivity contribution >= 4 is 23.2 Å². The van der Waals surface area contributed by atoms with E-state index in [9.17, 15) is 4.79 Å². The number of carbonyl (C=O) groups is 1. The van der Waals surface area contributed by atoms with Gasteiger partial charge < -0.3 is 20.3 Å². The quantitative estimate of drug-likeness (QED) is 0.591. The molecule has 0 radical (unpaired) electrons. The summed E-state index contributed by atoms with van der Waals surface area (Å²) in [6.45, 7) is 1.43. The molecule has 3 fully saturated rings. The molecule has 2 aliphatic heterocycles. The number of fused-ring (bicyclic) bond motifs is 2. The van der Waals surface area contributed by atoms with Gasteiger partial charge in [0, 0.05) is 37.7 Å². The van der Waals surface area contributed by atoms with Gasteiger partial charge in [0.15, 0.2) is 5.11 Å². The summed E-state index contributed by atoms with van der Waals surface area (Å²) >= 11 is 5.59. The van der Waals surface area contributed by atoms with Crippen molar-refractivity contribution < 1.29 is 9.53 Å². The van der Waals surface area contributed by atoms with Crippen molar-refractivity contribution in [1.82, 2.24) is 15.5 Å². The number of piperidine rings is 2. The lowest BCUT2D eigenvalue weighted by atomic mass is 9.82. The molecule has 2 heterocycles. The Morgan fingerprint density at radius 3 is 2.50 bits per heavy atom. The molecule has 6 heteroatoms. The fourth-order valence-electron chi connectivity index (χ4n) is 3.85. The monoisotopic (exact) mass is 325 g/mol. The molecule has 3 rings (SSSR count). The molecule has 2 saturated heterocycles. The Bertz CT molecular complexity index is 414. The second kappa shape index (κ2) is 7.13. The smallest absolute Gasteiger partial charge is 0.223 e. The highest BCUT2D eigenvalue weighted by molar-refractivity contribution is 7.80. The van der Waals surface area contributed by atoms with Gasteiger partial charge in [0.25, 0.3) is 0 Å². The Hall–Kier alpha value is -0.880. The van der Waals surface area contributed by atoms with Crippen LogP contribution in [-0.2, 0) is 9.53 Å². The third kappa shape index (κ3) is 3.71. The second-order valence-electron chi connectivity index (χ2n) is 6.82. The first kappa shape index (κ1) is 16.0. The average Bonchev–Trinajstić information content (AvgIpc) is 3.31. The highest BCUT2D eigenvalue weighted by Gasteiger charge is 2.41. The van der Waals surface area contributed by atoms with E-state index in [1.54, 1.807) is 7.11 Å². The van der Waals surface area contributed by atoms with Crippen LogP contribution < -0.4 is 10.6 Å². The maximum absolute atomic E-state index is 12.0. The number of hydrogen-bond acceptors (Lipinski definition) is 3. The van der Waals surface area contributed by atoms with E-state index in [0.717, 1.165) is 37.3 Å². The summed E-state index contributed by atoms with van der Waals surface area (Å²) in [5.41, 5.74) is 0. The zero-order chi connectivity index (χ0) is 15.5. The Balaban J connectivity index is 1.55. The number of ether oxygens (including phenoxy) is 1. The maximum atomic E-state index is 12.0. The standard InChI is InChI=1S/C16H27N3O2S/c1-21-8-7-17-16(22)19-13-3-2-4-14(19)10-12(9-13)18-15(20)11-5-6-11/h11-14H,2-10H2,1H3,(H,17,22)(H,18,20)/t12?,13-,14+. The number of hydrogen-bond donors (Lipinski definition) is 2. The Kier molecular flexibility index (Phi) is 5.18. The summed E-state index contributed by atoms with van der Waals surface area (Å²) in [7, 11) is 1.70. The minimum Gasteiger partial charge on any atom is -0.383 e.